The van der Waals surface area contributed by atoms with Crippen LogP contribution in [-0.2, 0) is 0 Å². The summed E-state index contributed by atoms with van der Waals surface area (Å²) in [6.07, 6.45) is 20.1. The molecule has 0 aliphatic heterocycles. The van der Waals surface area contributed by atoms with E-state index >= 15 is 0 Å². The van der Waals surface area contributed by atoms with Gasteiger partial charge in [0.05, 0.1) is 6.04 Å². The minimum atomic E-state index is 0.245. The van der Waals surface area contributed by atoms with Crippen molar-refractivity contribution in [3.63, 3.8) is 0 Å². The highest BCUT2D eigenvalue weighted by molar-refractivity contribution is 5.29. The van der Waals surface area contributed by atoms with Crippen molar-refractivity contribution >= 4 is 0 Å². The van der Waals surface area contributed by atoms with E-state index in [1.54, 1.807) is 0 Å². The van der Waals surface area contributed by atoms with Crippen molar-refractivity contribution in [2.75, 3.05) is 0 Å². The van der Waals surface area contributed by atoms with Crippen LogP contribution in [0.3, 0.4) is 0 Å². The highest BCUT2D eigenvalue weighted by Gasteiger charge is 2.05. The summed E-state index contributed by atoms with van der Waals surface area (Å²) in [5.74, 6) is 0. The number of rotatable bonds is 2. The molecule has 0 radical (unpaired) electrons. The second kappa shape index (κ2) is 5.40. The molecule has 2 aliphatic rings. The number of hydrogen-bond donors (Lipinski definition) is 2. The van der Waals surface area contributed by atoms with Gasteiger partial charge < -0.3 is 11.1 Å². The maximum Gasteiger partial charge on any atom is 0.0632 e. The molecule has 84 valence electrons. The Morgan fingerprint density at radius 3 is 3.06 bits per heavy atom. The summed E-state index contributed by atoms with van der Waals surface area (Å²) < 4.78 is 0. The minimum absolute atomic E-state index is 0.245. The van der Waals surface area contributed by atoms with Gasteiger partial charge in [0.2, 0.25) is 0 Å². The van der Waals surface area contributed by atoms with Crippen molar-refractivity contribution in [2.24, 2.45) is 5.73 Å². The molecule has 1 atom stereocenters. The molecule has 0 fully saturated rings. The van der Waals surface area contributed by atoms with Gasteiger partial charge in [0.15, 0.2) is 0 Å². The van der Waals surface area contributed by atoms with Crippen molar-refractivity contribution in [2.45, 2.75) is 25.3 Å². The molecule has 1 unspecified atom stereocenters. The van der Waals surface area contributed by atoms with Gasteiger partial charge >= 0.3 is 0 Å². The van der Waals surface area contributed by atoms with E-state index in [0.717, 1.165) is 12.1 Å². The van der Waals surface area contributed by atoms with E-state index in [0.29, 0.717) is 0 Å². The molecule has 2 aliphatic carbocycles. The van der Waals surface area contributed by atoms with Crippen molar-refractivity contribution in [3.8, 4) is 0 Å². The van der Waals surface area contributed by atoms with E-state index < -0.39 is 0 Å². The Labute approximate surface area is 96.9 Å². The van der Waals surface area contributed by atoms with Crippen LogP contribution in [0.4, 0.5) is 0 Å². The molecular formula is C14H18N2. The average Bonchev–Trinajstić information content (AvgIpc) is 2.63. The maximum atomic E-state index is 5.72. The monoisotopic (exact) mass is 214 g/mol. The molecule has 0 saturated carbocycles. The van der Waals surface area contributed by atoms with Crippen molar-refractivity contribution in [1.29, 1.82) is 0 Å². The fourth-order valence-corrected chi connectivity index (χ4v) is 1.83. The molecule has 3 N–H and O–H groups in total. The van der Waals surface area contributed by atoms with Gasteiger partial charge in [-0.3, -0.25) is 0 Å². The third-order valence-corrected chi connectivity index (χ3v) is 2.71. The van der Waals surface area contributed by atoms with E-state index in [4.69, 9.17) is 5.73 Å². The lowest BCUT2D eigenvalue weighted by Crippen LogP contribution is -2.24. The molecule has 2 rings (SSSR count). The van der Waals surface area contributed by atoms with Crippen LogP contribution in [0, 0.1) is 0 Å². The third kappa shape index (κ3) is 3.16. The molecule has 0 amide bonds. The van der Waals surface area contributed by atoms with Crippen LogP contribution < -0.4 is 11.1 Å². The Morgan fingerprint density at radius 1 is 1.19 bits per heavy atom. The van der Waals surface area contributed by atoms with E-state index in [-0.39, 0.29) is 6.04 Å². The standard InChI is InChI=1S/C14H18N2/c15-12-6-5-9-14(11-10-12)16-13-7-3-1-2-4-8-13/h1,3,5-7,9-11,14,16H,2,4,8,15H2. The second-order valence-electron chi connectivity index (χ2n) is 4.09. The molecular weight excluding hydrogens is 196 g/mol. The minimum Gasteiger partial charge on any atom is -0.399 e. The number of allylic oxidation sites excluding steroid dienone is 7. The lowest BCUT2D eigenvalue weighted by atomic mass is 10.2. The molecule has 0 spiro atoms. The quantitative estimate of drug-likeness (QED) is 0.741. The number of nitrogens with two attached hydrogens (primary N) is 1. The highest BCUT2D eigenvalue weighted by Crippen LogP contribution is 2.12. The lowest BCUT2D eigenvalue weighted by molar-refractivity contribution is 0.709. The fourth-order valence-electron chi connectivity index (χ4n) is 1.83. The first-order chi connectivity index (χ1) is 7.84. The Kier molecular flexibility index (Phi) is 3.65. The Balaban J connectivity index is 1.97. The zero-order valence-electron chi connectivity index (χ0n) is 9.39. The van der Waals surface area contributed by atoms with Crippen LogP contribution >= 0.6 is 0 Å². The zero-order chi connectivity index (χ0) is 11.2. The van der Waals surface area contributed by atoms with Crippen LogP contribution in [0.25, 0.3) is 0 Å². The van der Waals surface area contributed by atoms with Gasteiger partial charge in [-0.2, -0.15) is 0 Å². The molecule has 0 aromatic carbocycles. The maximum absolute atomic E-state index is 5.72. The third-order valence-electron chi connectivity index (χ3n) is 2.71. The molecule has 0 bridgehead atoms. The molecule has 2 heteroatoms. The largest absolute Gasteiger partial charge is 0.399 e. The Bertz CT molecular complexity index is 384. The molecule has 0 aromatic heterocycles. The average molecular weight is 214 g/mol. The van der Waals surface area contributed by atoms with Crippen molar-refractivity contribution < 1.29 is 0 Å². The first-order valence-corrected chi connectivity index (χ1v) is 5.79. The molecule has 0 aromatic rings. The van der Waals surface area contributed by atoms with E-state index in [1.807, 2.05) is 18.2 Å². The summed E-state index contributed by atoms with van der Waals surface area (Å²) >= 11 is 0. The van der Waals surface area contributed by atoms with Crippen molar-refractivity contribution in [3.05, 3.63) is 60.0 Å². The summed E-state index contributed by atoms with van der Waals surface area (Å²) in [7, 11) is 0. The molecule has 0 saturated heterocycles. The fraction of sp³-hybridized carbons (Fsp3) is 0.286. The summed E-state index contributed by atoms with van der Waals surface area (Å²) in [5, 5.41) is 3.51. The normalized spacial score (nSPS) is 24.4. The topological polar surface area (TPSA) is 38.0 Å². The second-order valence-corrected chi connectivity index (χ2v) is 4.09. The van der Waals surface area contributed by atoms with Gasteiger partial charge in [0, 0.05) is 11.4 Å². The summed E-state index contributed by atoms with van der Waals surface area (Å²) in [4.78, 5) is 0. The van der Waals surface area contributed by atoms with Gasteiger partial charge in [-0.05, 0) is 37.5 Å². The molecule has 2 nitrogen and oxygen atoms in total. The van der Waals surface area contributed by atoms with Crippen LogP contribution in [0.5, 0.6) is 0 Å². The predicted molar refractivity (Wildman–Crippen MR) is 68.5 cm³/mol. The van der Waals surface area contributed by atoms with E-state index in [2.05, 4.69) is 35.7 Å². The van der Waals surface area contributed by atoms with Crippen LogP contribution in [0.15, 0.2) is 60.0 Å². The molecule has 16 heavy (non-hydrogen) atoms. The van der Waals surface area contributed by atoms with Gasteiger partial charge in [0.25, 0.3) is 0 Å². The summed E-state index contributed by atoms with van der Waals surface area (Å²) in [5.41, 5.74) is 7.83. The summed E-state index contributed by atoms with van der Waals surface area (Å²) in [6.45, 7) is 0. The van der Waals surface area contributed by atoms with Crippen molar-refractivity contribution in [1.82, 2.24) is 5.32 Å². The van der Waals surface area contributed by atoms with Gasteiger partial charge in [0.1, 0.15) is 0 Å². The van der Waals surface area contributed by atoms with Gasteiger partial charge in [-0.25, -0.2) is 0 Å². The Morgan fingerprint density at radius 2 is 2.12 bits per heavy atom. The van der Waals surface area contributed by atoms with Crippen LogP contribution in [0.2, 0.25) is 0 Å². The zero-order valence-corrected chi connectivity index (χ0v) is 9.39. The predicted octanol–water partition coefficient (Wildman–Crippen LogP) is 2.54. The highest BCUT2D eigenvalue weighted by atomic mass is 14.9. The molecule has 0 heterocycles. The van der Waals surface area contributed by atoms with E-state index in [9.17, 15) is 0 Å². The SMILES string of the molecule is NC1=CC=CC(NC2=CC=CCCC2)C=C1. The van der Waals surface area contributed by atoms with E-state index in [1.165, 1.54) is 18.5 Å². The smallest absolute Gasteiger partial charge is 0.0632 e. The number of nitrogens with one attached hydrogen (secondary N) is 1. The summed E-state index contributed by atoms with van der Waals surface area (Å²) in [6, 6.07) is 0.245. The van der Waals surface area contributed by atoms with Gasteiger partial charge in [-0.15, -0.1) is 0 Å². The van der Waals surface area contributed by atoms with Gasteiger partial charge in [-0.1, -0.05) is 30.4 Å². The first kappa shape index (κ1) is 10.8. The van der Waals surface area contributed by atoms with Crippen LogP contribution in [-0.4, -0.2) is 6.04 Å². The first-order valence-electron chi connectivity index (χ1n) is 5.79. The lowest BCUT2D eigenvalue weighted by Gasteiger charge is -2.14. The Hall–Kier alpha value is -1.70. The number of hydrogen-bond acceptors (Lipinski definition) is 2. The van der Waals surface area contributed by atoms with Crippen LogP contribution in [0.1, 0.15) is 19.3 Å².